The third-order valence-corrected chi connectivity index (χ3v) is 2.12. The van der Waals surface area contributed by atoms with Gasteiger partial charge < -0.3 is 5.32 Å². The van der Waals surface area contributed by atoms with E-state index in [1.165, 1.54) is 6.33 Å². The van der Waals surface area contributed by atoms with Crippen LogP contribution >= 0.6 is 0 Å². The summed E-state index contributed by atoms with van der Waals surface area (Å²) >= 11 is 0. The van der Waals surface area contributed by atoms with Crippen molar-refractivity contribution in [3.8, 4) is 0 Å². The topological polar surface area (TPSA) is 92.3 Å². The first-order valence-electron chi connectivity index (χ1n) is 4.64. The average Bonchev–Trinajstić information content (AvgIpc) is 2.82. The number of hydrogen-bond acceptors (Lipinski definition) is 6. The number of aromatic amines is 1. The molecule has 0 spiro atoms. The molecule has 2 heterocycles. The van der Waals surface area contributed by atoms with E-state index in [2.05, 4.69) is 35.9 Å². The van der Waals surface area contributed by atoms with Gasteiger partial charge in [0.25, 0.3) is 5.95 Å². The van der Waals surface area contributed by atoms with Gasteiger partial charge in [0.15, 0.2) is 0 Å². The minimum atomic E-state index is 0.379. The van der Waals surface area contributed by atoms with Crippen molar-refractivity contribution < 1.29 is 0 Å². The van der Waals surface area contributed by atoms with Crippen LogP contribution in [0.15, 0.2) is 30.6 Å². The fraction of sp³-hybridized carbons (Fsp3) is 0. The number of H-pyrrole nitrogens is 1. The Balaban J connectivity index is 2.10. The second-order valence-corrected chi connectivity index (χ2v) is 3.10. The molecule has 0 fully saturated rings. The normalized spacial score (nSPS) is 10.5. The maximum Gasteiger partial charge on any atom is 0.268 e. The van der Waals surface area contributed by atoms with Crippen molar-refractivity contribution in [2.24, 2.45) is 0 Å². The highest BCUT2D eigenvalue weighted by Crippen LogP contribution is 2.19. The lowest BCUT2D eigenvalue weighted by Gasteiger charge is -2.03. The van der Waals surface area contributed by atoms with Gasteiger partial charge in [0.05, 0.1) is 5.52 Å². The second-order valence-electron chi connectivity index (χ2n) is 3.10. The molecule has 0 aliphatic carbocycles. The Kier molecular flexibility index (Phi) is 1.93. The molecule has 0 saturated heterocycles. The Bertz CT molecular complexity index is 599. The summed E-state index contributed by atoms with van der Waals surface area (Å²) in [6.45, 7) is 0. The number of anilines is 2. The van der Waals surface area contributed by atoms with E-state index in [1.54, 1.807) is 0 Å². The summed E-state index contributed by atoms with van der Waals surface area (Å²) in [6.07, 6.45) is 1.49. The Morgan fingerprint density at radius 1 is 1.12 bits per heavy atom. The Morgan fingerprint density at radius 3 is 2.94 bits per heavy atom. The predicted octanol–water partition coefficient (Wildman–Crippen LogP) is 0.886. The van der Waals surface area contributed by atoms with Crippen LogP contribution in [-0.2, 0) is 0 Å². The number of aromatic nitrogens is 6. The van der Waals surface area contributed by atoms with Crippen molar-refractivity contribution >= 4 is 22.7 Å². The van der Waals surface area contributed by atoms with Crippen LogP contribution in [0, 0.1) is 0 Å². The molecule has 0 bridgehead atoms. The molecule has 78 valence electrons. The van der Waals surface area contributed by atoms with Gasteiger partial charge in [-0.1, -0.05) is 17.2 Å². The van der Waals surface area contributed by atoms with Crippen molar-refractivity contribution in [3.63, 3.8) is 0 Å². The van der Waals surface area contributed by atoms with Crippen LogP contribution in [0.4, 0.5) is 11.8 Å². The quantitative estimate of drug-likeness (QED) is 0.656. The molecule has 3 rings (SSSR count). The monoisotopic (exact) mass is 213 g/mol. The van der Waals surface area contributed by atoms with Crippen LogP contribution in [0.2, 0.25) is 0 Å². The number of benzene rings is 1. The van der Waals surface area contributed by atoms with Gasteiger partial charge in [0.1, 0.15) is 12.1 Å². The highest BCUT2D eigenvalue weighted by atomic mass is 15.5. The smallest absolute Gasteiger partial charge is 0.268 e. The summed E-state index contributed by atoms with van der Waals surface area (Å²) in [5, 5.41) is 17.3. The van der Waals surface area contributed by atoms with Gasteiger partial charge in [0.2, 0.25) is 0 Å². The van der Waals surface area contributed by atoms with Gasteiger partial charge >= 0.3 is 0 Å². The molecule has 7 nitrogen and oxygen atoms in total. The summed E-state index contributed by atoms with van der Waals surface area (Å²) in [5.41, 5.74) is 0.864. The largest absolute Gasteiger partial charge is 0.306 e. The molecule has 0 unspecified atom stereocenters. The van der Waals surface area contributed by atoms with Crippen molar-refractivity contribution in [1.82, 2.24) is 30.6 Å². The van der Waals surface area contributed by atoms with Crippen molar-refractivity contribution in [3.05, 3.63) is 30.6 Å². The van der Waals surface area contributed by atoms with Crippen LogP contribution in [-0.4, -0.2) is 30.6 Å². The summed E-state index contributed by atoms with van der Waals surface area (Å²) in [4.78, 5) is 8.29. The van der Waals surface area contributed by atoms with E-state index in [0.29, 0.717) is 11.8 Å². The van der Waals surface area contributed by atoms with E-state index in [0.717, 1.165) is 10.9 Å². The molecular weight excluding hydrogens is 206 g/mol. The van der Waals surface area contributed by atoms with Crippen LogP contribution in [0.5, 0.6) is 0 Å². The molecule has 16 heavy (non-hydrogen) atoms. The number of rotatable bonds is 2. The Hall–Kier alpha value is -2.57. The molecular formula is C9H7N7. The first kappa shape index (κ1) is 8.72. The third kappa shape index (κ3) is 1.44. The molecule has 2 aromatic heterocycles. The highest BCUT2D eigenvalue weighted by molar-refractivity contribution is 5.89. The van der Waals surface area contributed by atoms with Crippen molar-refractivity contribution in [1.29, 1.82) is 0 Å². The number of tetrazole rings is 1. The zero-order chi connectivity index (χ0) is 10.8. The van der Waals surface area contributed by atoms with Crippen molar-refractivity contribution in [2.45, 2.75) is 0 Å². The van der Waals surface area contributed by atoms with Crippen LogP contribution < -0.4 is 5.32 Å². The number of nitrogens with zero attached hydrogens (tertiary/aromatic N) is 5. The van der Waals surface area contributed by atoms with E-state index in [1.807, 2.05) is 24.3 Å². The van der Waals surface area contributed by atoms with E-state index in [9.17, 15) is 0 Å². The molecule has 0 aliphatic rings. The van der Waals surface area contributed by atoms with Gasteiger partial charge in [-0.3, -0.25) is 0 Å². The third-order valence-electron chi connectivity index (χ3n) is 2.12. The molecule has 0 aliphatic heterocycles. The van der Waals surface area contributed by atoms with E-state index < -0.39 is 0 Å². The Labute approximate surface area is 89.9 Å². The molecule has 1 aromatic carbocycles. The summed E-state index contributed by atoms with van der Waals surface area (Å²) < 4.78 is 0. The molecule has 3 aromatic rings. The fourth-order valence-electron chi connectivity index (χ4n) is 1.43. The number of fused-ring (bicyclic) bond motifs is 1. The minimum absolute atomic E-state index is 0.379. The molecule has 0 saturated carbocycles. The fourth-order valence-corrected chi connectivity index (χ4v) is 1.43. The number of hydrogen-bond donors (Lipinski definition) is 2. The molecule has 0 amide bonds. The highest BCUT2D eigenvalue weighted by Gasteiger charge is 2.04. The second kappa shape index (κ2) is 3.54. The van der Waals surface area contributed by atoms with Crippen LogP contribution in [0.25, 0.3) is 10.9 Å². The summed E-state index contributed by atoms with van der Waals surface area (Å²) in [6, 6.07) is 7.69. The van der Waals surface area contributed by atoms with Crippen LogP contribution in [0.3, 0.4) is 0 Å². The SMILES string of the molecule is c1ccc2c(Nc3nn[nH]n3)ncnc2c1. The molecule has 7 heteroatoms. The predicted molar refractivity (Wildman–Crippen MR) is 57.0 cm³/mol. The molecule has 0 radical (unpaired) electrons. The van der Waals surface area contributed by atoms with Crippen LogP contribution in [0.1, 0.15) is 0 Å². The standard InChI is InChI=1S/C9H7N7/c1-2-4-7-6(3-1)8(11-5-10-7)12-9-13-15-16-14-9/h1-5H,(H2,10,11,12,13,14,15,16). The minimum Gasteiger partial charge on any atom is -0.306 e. The zero-order valence-corrected chi connectivity index (χ0v) is 8.12. The maximum atomic E-state index is 4.16. The van der Waals surface area contributed by atoms with Gasteiger partial charge in [-0.05, 0) is 17.3 Å². The summed E-state index contributed by atoms with van der Waals surface area (Å²) in [7, 11) is 0. The van der Waals surface area contributed by atoms with Crippen molar-refractivity contribution in [2.75, 3.05) is 5.32 Å². The average molecular weight is 213 g/mol. The van der Waals surface area contributed by atoms with Gasteiger partial charge in [-0.2, -0.15) is 5.21 Å². The van der Waals surface area contributed by atoms with Gasteiger partial charge in [0, 0.05) is 5.39 Å². The molecule has 0 atom stereocenters. The lowest BCUT2D eigenvalue weighted by atomic mass is 10.2. The van der Waals surface area contributed by atoms with E-state index in [4.69, 9.17) is 0 Å². The number of nitrogens with one attached hydrogen (secondary N) is 2. The number of para-hydroxylation sites is 1. The first-order valence-corrected chi connectivity index (χ1v) is 4.64. The summed E-state index contributed by atoms with van der Waals surface area (Å²) in [5.74, 6) is 1.04. The van der Waals surface area contributed by atoms with Gasteiger partial charge in [-0.25, -0.2) is 9.97 Å². The lowest BCUT2D eigenvalue weighted by molar-refractivity contribution is 0.881. The van der Waals surface area contributed by atoms with E-state index in [-0.39, 0.29) is 0 Å². The Morgan fingerprint density at radius 2 is 2.06 bits per heavy atom. The molecule has 2 N–H and O–H groups in total. The van der Waals surface area contributed by atoms with E-state index >= 15 is 0 Å². The first-order chi connectivity index (χ1) is 7.93. The zero-order valence-electron chi connectivity index (χ0n) is 8.12. The lowest BCUT2D eigenvalue weighted by Crippen LogP contribution is -1.97. The maximum absolute atomic E-state index is 4.16. The van der Waals surface area contributed by atoms with Gasteiger partial charge in [-0.15, -0.1) is 5.10 Å².